The van der Waals surface area contributed by atoms with Crippen LogP contribution in [0.2, 0.25) is 0 Å². The van der Waals surface area contributed by atoms with Gasteiger partial charge in [-0.2, -0.15) is 5.10 Å². The molecule has 0 saturated heterocycles. The van der Waals surface area contributed by atoms with Gasteiger partial charge in [-0.25, -0.2) is 10.1 Å². The molecule has 0 radical (unpaired) electrons. The number of hydrogen-bond donors (Lipinski definition) is 3. The molecule has 2 rings (SSSR count). The molecule has 0 saturated carbocycles. The van der Waals surface area contributed by atoms with Crippen LogP contribution in [0.3, 0.4) is 0 Å². The van der Waals surface area contributed by atoms with Crippen LogP contribution in [0.5, 0.6) is 11.5 Å². The number of nitrogens with zero attached hydrogens (tertiary/aromatic N) is 2. The van der Waals surface area contributed by atoms with Gasteiger partial charge in [-0.3, -0.25) is 0 Å². The van der Waals surface area contributed by atoms with Gasteiger partial charge in [0.2, 0.25) is 5.95 Å². The number of aromatic nitrogens is 3. The second-order valence-corrected chi connectivity index (χ2v) is 3.97. The fraction of sp³-hybridized carbons (Fsp3) is 0.385. The van der Waals surface area contributed by atoms with Crippen molar-refractivity contribution in [3.05, 3.63) is 30.1 Å². The van der Waals surface area contributed by atoms with Crippen LogP contribution in [-0.2, 0) is 6.54 Å². The largest absolute Gasteiger partial charge is 0.490 e. The Morgan fingerprint density at radius 2 is 2.20 bits per heavy atom. The highest BCUT2D eigenvalue weighted by atomic mass is 16.5. The van der Waals surface area contributed by atoms with Gasteiger partial charge in [-0.1, -0.05) is 6.07 Å². The van der Waals surface area contributed by atoms with Crippen molar-refractivity contribution in [3.8, 4) is 11.5 Å². The second-order valence-electron chi connectivity index (χ2n) is 3.97. The number of anilines is 1. The van der Waals surface area contributed by atoms with Gasteiger partial charge < -0.3 is 19.9 Å². The minimum atomic E-state index is -0.0274. The summed E-state index contributed by atoms with van der Waals surface area (Å²) < 4.78 is 11.0. The van der Waals surface area contributed by atoms with Crippen molar-refractivity contribution in [1.82, 2.24) is 15.2 Å². The van der Waals surface area contributed by atoms with Crippen molar-refractivity contribution in [2.24, 2.45) is 0 Å². The summed E-state index contributed by atoms with van der Waals surface area (Å²) in [5, 5.41) is 18.4. The Hall–Kier alpha value is -2.28. The molecular weight excluding hydrogens is 260 g/mol. The molecule has 0 aliphatic rings. The van der Waals surface area contributed by atoms with Gasteiger partial charge in [0.25, 0.3) is 0 Å². The van der Waals surface area contributed by atoms with E-state index >= 15 is 0 Å². The Kier molecular flexibility index (Phi) is 5.19. The highest BCUT2D eigenvalue weighted by Crippen LogP contribution is 2.28. The third-order valence-corrected chi connectivity index (χ3v) is 2.53. The summed E-state index contributed by atoms with van der Waals surface area (Å²) in [6, 6.07) is 5.66. The van der Waals surface area contributed by atoms with E-state index in [1.165, 1.54) is 6.33 Å². The first-order valence-electron chi connectivity index (χ1n) is 6.42. The van der Waals surface area contributed by atoms with Crippen LogP contribution in [-0.4, -0.2) is 40.1 Å². The predicted octanol–water partition coefficient (Wildman–Crippen LogP) is 1.19. The van der Waals surface area contributed by atoms with Crippen LogP contribution in [0.4, 0.5) is 5.95 Å². The number of benzene rings is 1. The lowest BCUT2D eigenvalue weighted by Gasteiger charge is -2.13. The highest BCUT2D eigenvalue weighted by Gasteiger charge is 2.07. The summed E-state index contributed by atoms with van der Waals surface area (Å²) in [5.74, 6) is 1.91. The number of aliphatic hydroxyl groups excluding tert-OH is 1. The van der Waals surface area contributed by atoms with E-state index in [0.29, 0.717) is 30.6 Å². The van der Waals surface area contributed by atoms with E-state index in [4.69, 9.17) is 14.6 Å². The first-order chi connectivity index (χ1) is 9.83. The standard InChI is InChI=1S/C13H18N4O3/c1-2-19-12-7-10(3-4-11(12)20-6-5-18)8-14-13-15-9-16-17-13/h3-4,7,9,18H,2,5-6,8H2,1H3,(H2,14,15,16,17). The van der Waals surface area contributed by atoms with Gasteiger partial charge in [0, 0.05) is 6.54 Å². The maximum absolute atomic E-state index is 8.80. The van der Waals surface area contributed by atoms with Crippen LogP contribution in [0.25, 0.3) is 0 Å². The molecule has 0 unspecified atom stereocenters. The fourth-order valence-electron chi connectivity index (χ4n) is 1.68. The van der Waals surface area contributed by atoms with Crippen molar-refractivity contribution in [3.63, 3.8) is 0 Å². The molecule has 0 amide bonds. The summed E-state index contributed by atoms with van der Waals surface area (Å²) in [6.45, 7) is 3.27. The molecule has 2 aromatic rings. The lowest BCUT2D eigenvalue weighted by molar-refractivity contribution is 0.194. The van der Waals surface area contributed by atoms with Crippen LogP contribution in [0.15, 0.2) is 24.5 Å². The van der Waals surface area contributed by atoms with Crippen molar-refractivity contribution in [1.29, 1.82) is 0 Å². The lowest BCUT2D eigenvalue weighted by atomic mass is 10.2. The van der Waals surface area contributed by atoms with Gasteiger partial charge in [-0.05, 0) is 24.6 Å². The lowest BCUT2D eigenvalue weighted by Crippen LogP contribution is -2.06. The molecule has 7 nitrogen and oxygen atoms in total. The Balaban J connectivity index is 2.04. The van der Waals surface area contributed by atoms with Crippen molar-refractivity contribution in [2.75, 3.05) is 25.1 Å². The van der Waals surface area contributed by atoms with Gasteiger partial charge in [0.05, 0.1) is 13.2 Å². The summed E-state index contributed by atoms with van der Waals surface area (Å²) in [7, 11) is 0. The molecule has 0 bridgehead atoms. The Bertz CT molecular complexity index is 516. The molecule has 7 heteroatoms. The Morgan fingerprint density at radius 3 is 2.90 bits per heavy atom. The van der Waals surface area contributed by atoms with Crippen LogP contribution >= 0.6 is 0 Å². The van der Waals surface area contributed by atoms with Crippen molar-refractivity contribution in [2.45, 2.75) is 13.5 Å². The highest BCUT2D eigenvalue weighted by molar-refractivity contribution is 5.43. The Labute approximate surface area is 117 Å². The number of aromatic amines is 1. The van der Waals surface area contributed by atoms with Crippen LogP contribution in [0, 0.1) is 0 Å². The number of rotatable bonds is 8. The third kappa shape index (κ3) is 3.86. The first-order valence-corrected chi connectivity index (χ1v) is 6.42. The molecule has 0 spiro atoms. The molecule has 20 heavy (non-hydrogen) atoms. The maximum Gasteiger partial charge on any atom is 0.218 e. The molecule has 0 fully saturated rings. The SMILES string of the molecule is CCOc1cc(CNc2ncn[nH]2)ccc1OCCO. The number of hydrogen-bond acceptors (Lipinski definition) is 6. The minimum Gasteiger partial charge on any atom is -0.490 e. The van der Waals surface area contributed by atoms with Gasteiger partial charge in [0.1, 0.15) is 12.9 Å². The van der Waals surface area contributed by atoms with E-state index in [-0.39, 0.29) is 13.2 Å². The average Bonchev–Trinajstić information content (AvgIpc) is 2.98. The summed E-state index contributed by atoms with van der Waals surface area (Å²) in [4.78, 5) is 3.99. The number of nitrogens with one attached hydrogen (secondary N) is 2. The number of aliphatic hydroxyl groups is 1. The van der Waals surface area contributed by atoms with E-state index in [0.717, 1.165) is 5.56 Å². The Morgan fingerprint density at radius 1 is 1.30 bits per heavy atom. The second kappa shape index (κ2) is 7.34. The number of ether oxygens (including phenoxy) is 2. The average molecular weight is 278 g/mol. The molecule has 108 valence electrons. The van der Waals surface area contributed by atoms with E-state index in [1.54, 1.807) is 0 Å². The molecule has 1 aromatic carbocycles. The molecule has 1 heterocycles. The minimum absolute atomic E-state index is 0.0274. The summed E-state index contributed by atoms with van der Waals surface area (Å²) >= 11 is 0. The third-order valence-electron chi connectivity index (χ3n) is 2.53. The molecule has 0 aliphatic carbocycles. The van der Waals surface area contributed by atoms with Gasteiger partial charge in [-0.15, -0.1) is 0 Å². The van der Waals surface area contributed by atoms with Crippen LogP contribution < -0.4 is 14.8 Å². The molecule has 1 aromatic heterocycles. The summed E-state index contributed by atoms with van der Waals surface area (Å²) in [5.41, 5.74) is 1.03. The van der Waals surface area contributed by atoms with E-state index in [9.17, 15) is 0 Å². The van der Waals surface area contributed by atoms with E-state index in [1.807, 2.05) is 25.1 Å². The number of H-pyrrole nitrogens is 1. The molecule has 0 atom stereocenters. The molecule has 0 aliphatic heterocycles. The topological polar surface area (TPSA) is 92.3 Å². The van der Waals surface area contributed by atoms with E-state index in [2.05, 4.69) is 20.5 Å². The van der Waals surface area contributed by atoms with Gasteiger partial charge in [0.15, 0.2) is 11.5 Å². The quantitative estimate of drug-likeness (QED) is 0.671. The fourth-order valence-corrected chi connectivity index (χ4v) is 1.68. The van der Waals surface area contributed by atoms with Crippen molar-refractivity contribution >= 4 is 5.95 Å². The monoisotopic (exact) mass is 278 g/mol. The zero-order chi connectivity index (χ0) is 14.2. The van der Waals surface area contributed by atoms with Crippen molar-refractivity contribution < 1.29 is 14.6 Å². The molecule has 3 N–H and O–H groups in total. The zero-order valence-electron chi connectivity index (χ0n) is 11.3. The predicted molar refractivity (Wildman–Crippen MR) is 73.9 cm³/mol. The van der Waals surface area contributed by atoms with Gasteiger partial charge >= 0.3 is 0 Å². The van der Waals surface area contributed by atoms with Crippen LogP contribution in [0.1, 0.15) is 12.5 Å². The normalized spacial score (nSPS) is 10.3. The maximum atomic E-state index is 8.80. The summed E-state index contributed by atoms with van der Waals surface area (Å²) in [6.07, 6.45) is 1.44. The van der Waals surface area contributed by atoms with E-state index < -0.39 is 0 Å². The molecular formula is C13H18N4O3. The first kappa shape index (κ1) is 14.1. The zero-order valence-corrected chi connectivity index (χ0v) is 11.3. The smallest absolute Gasteiger partial charge is 0.218 e.